The Morgan fingerprint density at radius 1 is 0.302 bits per heavy atom. The van der Waals surface area contributed by atoms with Crippen LogP contribution in [0.1, 0.15) is 227 Å². The lowest BCUT2D eigenvalue weighted by Gasteiger charge is -2.35. The van der Waals surface area contributed by atoms with Gasteiger partial charge in [0.1, 0.15) is 78.2 Å². The van der Waals surface area contributed by atoms with E-state index in [-0.39, 0.29) is 77.6 Å². The molecule has 0 fully saturated rings. The zero-order chi connectivity index (χ0) is 91.8. The van der Waals surface area contributed by atoms with Crippen LogP contribution in [0.15, 0.2) is 158 Å². The van der Waals surface area contributed by atoms with Crippen molar-refractivity contribution in [2.75, 3.05) is 90.1 Å². The van der Waals surface area contributed by atoms with Gasteiger partial charge in [0.25, 0.3) is 0 Å². The standard InChI is InChI=1S/C52H66O10.C31H40O5.C21H28O7/c1-12-34(2)35-13-19-46(20-14-35)61-21-22-62-50-39(32-58-9)26-45(27-40(50)33-59-10)52(5,44-24-36(29-55-6)48(53)37(25-44)30-56-7)42-17-15-41(16-18-42)51(3,4)43-23-38(31-57-8)49(54)47(28-43)60-11;1-7-23(4)24-8-10-29(11-9-24)35-12-13-36-31-26(15-22(3)17-28(31)20-34-6)18-25-14-21(2)16-27(19-33-5)30(25)32;1-3-13(2)14-4-6-15(7-5-14)27-12-28-21-18(10-24)16(8-22)20(26)17(9-23)19(21)11-25/h13-20,23-28,34,53-54H,12,21-22,29-33H2,1-11H3;8-11,14-17,23,32H,7,12-13,18-20H2,1-6H3;4-7,13,22-26H,3,8-12H2,1-2H3. The molecule has 126 heavy (non-hydrogen) atoms. The summed E-state index contributed by atoms with van der Waals surface area (Å²) in [6.45, 7) is 24.8. The molecular weight excluding hydrogens is 1600 g/mol. The number of aliphatic hydroxyl groups is 4. The number of aryl methyl sites for hydroxylation is 2. The van der Waals surface area contributed by atoms with Gasteiger partial charge in [0.15, 0.2) is 11.5 Å². The Morgan fingerprint density at radius 2 is 0.619 bits per heavy atom. The van der Waals surface area contributed by atoms with Gasteiger partial charge in [0, 0.05) is 128 Å². The van der Waals surface area contributed by atoms with E-state index in [0.29, 0.717) is 111 Å². The van der Waals surface area contributed by atoms with E-state index < -0.39 is 37.3 Å². The van der Waals surface area contributed by atoms with Gasteiger partial charge in [-0.1, -0.05) is 151 Å². The molecule has 0 heterocycles. The van der Waals surface area contributed by atoms with Crippen LogP contribution in [0.2, 0.25) is 0 Å². The van der Waals surface area contributed by atoms with Gasteiger partial charge < -0.3 is 107 Å². The van der Waals surface area contributed by atoms with Crippen LogP contribution in [-0.2, 0) is 123 Å². The maximum absolute atomic E-state index is 11.4. The number of aliphatic hydroxyl groups excluding tert-OH is 4. The molecule has 10 aromatic carbocycles. The van der Waals surface area contributed by atoms with Crippen molar-refractivity contribution >= 4 is 0 Å². The van der Waals surface area contributed by atoms with Crippen molar-refractivity contribution in [1.82, 2.24) is 0 Å². The van der Waals surface area contributed by atoms with Crippen molar-refractivity contribution in [1.29, 1.82) is 0 Å². The molecule has 0 radical (unpaired) electrons. The molecule has 0 aliphatic heterocycles. The molecule has 8 N–H and O–H groups in total. The van der Waals surface area contributed by atoms with Crippen LogP contribution >= 0.6 is 0 Å². The highest BCUT2D eigenvalue weighted by Crippen LogP contribution is 2.48. The Labute approximate surface area is 745 Å². The topological polar surface area (TPSA) is 291 Å². The predicted octanol–water partition coefficient (Wildman–Crippen LogP) is 19.6. The first kappa shape index (κ1) is 101. The SMILES string of the molecule is CCC(C)c1ccc(OCCOc2c(COC)cc(C(C)(c3ccc(C(C)(C)c4cc(COC)c(O)c(OC)c4)cc3)c3cc(COC)c(O)c(COC)c3)cc2COC)cc1.CCC(C)c1ccc(OCCOc2c(COC)cc(C)cc2Cc2cc(C)cc(COC)c2O)cc1.CCC(C)c1ccc(OCOc2c(CO)c(CO)c(O)c(CO)c2CO)cc1. The molecule has 4 unspecified atom stereocenters. The Bertz CT molecular complexity index is 4960. The van der Waals surface area contributed by atoms with Crippen LogP contribution in [-0.4, -0.2) is 131 Å². The third-order valence-corrected chi connectivity index (χ3v) is 23.5. The number of hydrogen-bond acceptors (Lipinski definition) is 22. The average molecular weight is 1740 g/mol. The fourth-order valence-electron chi connectivity index (χ4n) is 15.6. The number of phenolic OH excluding ortho intramolecular Hbond substituents is 3. The summed E-state index contributed by atoms with van der Waals surface area (Å²) in [5.74, 6) is 5.77. The average Bonchev–Trinajstić information content (AvgIpc) is 0.738. The molecule has 10 aromatic rings. The molecule has 0 aliphatic rings. The molecule has 0 bridgehead atoms. The number of rotatable bonds is 46. The summed E-state index contributed by atoms with van der Waals surface area (Å²) in [6, 6.07) is 53.2. The van der Waals surface area contributed by atoms with Gasteiger partial charge in [-0.15, -0.1) is 0 Å². The van der Waals surface area contributed by atoms with Crippen LogP contribution < -0.4 is 33.2 Å². The van der Waals surface area contributed by atoms with Gasteiger partial charge >= 0.3 is 0 Å². The smallest absolute Gasteiger partial charge is 0.230 e. The third kappa shape index (κ3) is 25.7. The van der Waals surface area contributed by atoms with Crippen molar-refractivity contribution in [2.24, 2.45) is 0 Å². The minimum Gasteiger partial charge on any atom is -0.507 e. The minimum absolute atomic E-state index is 0.0386. The molecule has 22 heteroatoms. The number of aromatic hydroxyl groups is 4. The molecule has 0 saturated heterocycles. The number of methoxy groups -OCH3 is 8. The molecule has 0 saturated carbocycles. The van der Waals surface area contributed by atoms with E-state index in [1.165, 1.54) is 16.7 Å². The molecule has 0 aliphatic carbocycles. The van der Waals surface area contributed by atoms with Crippen LogP contribution in [0, 0.1) is 13.8 Å². The summed E-state index contributed by atoms with van der Waals surface area (Å²) in [6.07, 6.45) is 3.77. The number of hydrogen-bond donors (Lipinski definition) is 8. The second-order valence-corrected chi connectivity index (χ2v) is 32.5. The van der Waals surface area contributed by atoms with E-state index in [1.807, 2.05) is 91.9 Å². The fourth-order valence-corrected chi connectivity index (χ4v) is 15.6. The summed E-state index contributed by atoms with van der Waals surface area (Å²) in [7, 11) is 13.0. The van der Waals surface area contributed by atoms with Crippen LogP contribution in [0.4, 0.5) is 0 Å². The zero-order valence-electron chi connectivity index (χ0n) is 77.2. The number of ether oxygens (including phenoxy) is 14. The lowest BCUT2D eigenvalue weighted by atomic mass is 9.68. The molecule has 10 rings (SSSR count). The molecule has 0 spiro atoms. The van der Waals surface area contributed by atoms with Crippen LogP contribution in [0.5, 0.6) is 63.2 Å². The van der Waals surface area contributed by atoms with Gasteiger partial charge in [-0.2, -0.15) is 0 Å². The first-order chi connectivity index (χ1) is 60.7. The van der Waals surface area contributed by atoms with E-state index in [0.717, 1.165) is 109 Å². The van der Waals surface area contributed by atoms with E-state index in [1.54, 1.807) is 56.9 Å². The van der Waals surface area contributed by atoms with Gasteiger partial charge in [0.05, 0.1) is 79.8 Å². The minimum atomic E-state index is -0.789. The van der Waals surface area contributed by atoms with E-state index in [9.17, 15) is 40.9 Å². The largest absolute Gasteiger partial charge is 0.507 e. The molecule has 22 nitrogen and oxygen atoms in total. The van der Waals surface area contributed by atoms with Crippen molar-refractivity contribution in [3.8, 4) is 63.2 Å². The van der Waals surface area contributed by atoms with Gasteiger partial charge in [-0.05, 0) is 186 Å². The summed E-state index contributed by atoms with van der Waals surface area (Å²) >= 11 is 0. The number of benzene rings is 10. The predicted molar refractivity (Wildman–Crippen MR) is 490 cm³/mol. The zero-order valence-corrected chi connectivity index (χ0v) is 77.2. The summed E-state index contributed by atoms with van der Waals surface area (Å²) in [4.78, 5) is 0. The second kappa shape index (κ2) is 49.6. The highest BCUT2D eigenvalue weighted by molar-refractivity contribution is 5.61. The van der Waals surface area contributed by atoms with Gasteiger partial charge in [0.2, 0.25) is 6.79 Å². The lowest BCUT2D eigenvalue weighted by Crippen LogP contribution is -2.27. The second-order valence-electron chi connectivity index (χ2n) is 32.5. The van der Waals surface area contributed by atoms with E-state index in [2.05, 4.69) is 142 Å². The highest BCUT2D eigenvalue weighted by atomic mass is 16.7. The summed E-state index contributed by atoms with van der Waals surface area (Å²) < 4.78 is 80.6. The van der Waals surface area contributed by atoms with Gasteiger partial charge in [-0.3, -0.25) is 0 Å². The first-order valence-corrected chi connectivity index (χ1v) is 43.0. The quantitative estimate of drug-likeness (QED) is 0.00999. The van der Waals surface area contributed by atoms with E-state index >= 15 is 0 Å². The number of phenols is 4. The molecule has 0 aromatic heterocycles. The maximum atomic E-state index is 11.4. The molecule has 0 amide bonds. The molecule has 682 valence electrons. The third-order valence-electron chi connectivity index (χ3n) is 23.5. The Hall–Kier alpha value is -10.4. The maximum Gasteiger partial charge on any atom is 0.230 e. The monoisotopic (exact) mass is 1730 g/mol. The normalized spacial score (nSPS) is 12.6. The van der Waals surface area contributed by atoms with Gasteiger partial charge in [-0.25, -0.2) is 0 Å². The molecule has 4 atom stereocenters. The van der Waals surface area contributed by atoms with E-state index in [4.69, 9.17) is 66.3 Å². The van der Waals surface area contributed by atoms with Crippen molar-refractivity contribution < 1.29 is 107 Å². The van der Waals surface area contributed by atoms with Crippen LogP contribution in [0.3, 0.4) is 0 Å². The van der Waals surface area contributed by atoms with Crippen molar-refractivity contribution in [2.45, 2.75) is 203 Å². The Balaban J connectivity index is 0.000000259. The lowest BCUT2D eigenvalue weighted by molar-refractivity contribution is 0.112. The van der Waals surface area contributed by atoms with Crippen molar-refractivity contribution in [3.63, 3.8) is 0 Å². The summed E-state index contributed by atoms with van der Waals surface area (Å²) in [5.41, 5.74) is 17.3. The Kier molecular flexibility index (Phi) is 39.8. The molecular formula is C104H134O22. The van der Waals surface area contributed by atoms with Crippen LogP contribution in [0.25, 0.3) is 0 Å². The Morgan fingerprint density at radius 3 is 1.02 bits per heavy atom. The first-order valence-electron chi connectivity index (χ1n) is 43.0. The fraction of sp³-hybridized carbons (Fsp3) is 0.423. The van der Waals surface area contributed by atoms with Crippen molar-refractivity contribution in [3.05, 3.63) is 286 Å². The highest BCUT2D eigenvalue weighted by Gasteiger charge is 2.36. The summed E-state index contributed by atoms with van der Waals surface area (Å²) in [5, 5.41) is 81.7.